The molecule has 1 aliphatic heterocycles. The van der Waals surface area contributed by atoms with Gasteiger partial charge in [-0.2, -0.15) is 0 Å². The minimum atomic E-state index is -1.17. The summed E-state index contributed by atoms with van der Waals surface area (Å²) in [6, 6.07) is 3.74. The molecule has 0 aliphatic carbocycles. The molecule has 0 bridgehead atoms. The van der Waals surface area contributed by atoms with E-state index in [-0.39, 0.29) is 19.5 Å². The Kier molecular flexibility index (Phi) is 4.69. The van der Waals surface area contributed by atoms with Crippen LogP contribution in [0, 0.1) is 0 Å². The molecule has 0 radical (unpaired) electrons. The lowest BCUT2D eigenvalue weighted by atomic mass is 10.1. The van der Waals surface area contributed by atoms with Crippen LogP contribution in [0.2, 0.25) is 10.0 Å². The Morgan fingerprint density at radius 3 is 2.52 bits per heavy atom. The minimum absolute atomic E-state index is 0.115. The number of amides is 2. The lowest BCUT2D eigenvalue weighted by molar-refractivity contribution is -0.153. The zero-order chi connectivity index (χ0) is 15.6. The van der Waals surface area contributed by atoms with Crippen LogP contribution in [0.15, 0.2) is 18.2 Å². The summed E-state index contributed by atoms with van der Waals surface area (Å²) >= 11 is 12.0. The van der Waals surface area contributed by atoms with Crippen LogP contribution >= 0.6 is 23.2 Å². The molecule has 1 atom stereocenters. The van der Waals surface area contributed by atoms with Gasteiger partial charge in [0.15, 0.2) is 0 Å². The highest BCUT2D eigenvalue weighted by Crippen LogP contribution is 2.25. The topological polar surface area (TPSA) is 86.7 Å². The fourth-order valence-corrected chi connectivity index (χ4v) is 2.61. The molecule has 1 fully saturated rings. The molecule has 2 amide bonds. The smallest absolute Gasteiger partial charge is 0.328 e. The Balaban J connectivity index is 2.21. The van der Waals surface area contributed by atoms with Crippen molar-refractivity contribution in [1.29, 1.82) is 0 Å². The third-order valence-electron chi connectivity index (χ3n) is 3.18. The number of aliphatic carboxylic acids is 1. The Hall–Kier alpha value is -1.79. The molecule has 2 N–H and O–H groups in total. The molecule has 8 heteroatoms. The average molecular weight is 331 g/mol. The molecule has 1 heterocycles. The lowest BCUT2D eigenvalue weighted by Gasteiger charge is -2.32. The summed E-state index contributed by atoms with van der Waals surface area (Å²) in [5.74, 6) is -2.08. The molecular formula is C13H12Cl2N2O4. The van der Waals surface area contributed by atoms with E-state index in [1.165, 1.54) is 0 Å². The van der Waals surface area contributed by atoms with Gasteiger partial charge in [0, 0.05) is 16.6 Å². The fourth-order valence-electron chi connectivity index (χ4n) is 2.08. The Morgan fingerprint density at radius 1 is 1.33 bits per heavy atom. The van der Waals surface area contributed by atoms with Crippen LogP contribution in [-0.4, -0.2) is 46.9 Å². The van der Waals surface area contributed by atoms with E-state index in [1.54, 1.807) is 18.2 Å². The third-order valence-corrected chi connectivity index (χ3v) is 3.89. The summed E-state index contributed by atoms with van der Waals surface area (Å²) in [6.45, 7) is -0.409. The predicted octanol–water partition coefficient (Wildman–Crippen LogP) is 0.948. The van der Waals surface area contributed by atoms with E-state index in [1.807, 2.05) is 0 Å². The fraction of sp³-hybridized carbons (Fsp3) is 0.308. The summed E-state index contributed by atoms with van der Waals surface area (Å²) in [4.78, 5) is 35.9. The molecule has 2 rings (SSSR count). The highest BCUT2D eigenvalue weighted by atomic mass is 35.5. The van der Waals surface area contributed by atoms with E-state index in [2.05, 4.69) is 5.32 Å². The van der Waals surface area contributed by atoms with E-state index in [0.717, 1.165) is 4.90 Å². The summed E-state index contributed by atoms with van der Waals surface area (Å²) in [5, 5.41) is 12.2. The number of nitrogens with zero attached hydrogens (tertiary/aromatic N) is 1. The highest BCUT2D eigenvalue weighted by molar-refractivity contribution is 6.36. The first-order chi connectivity index (χ1) is 9.90. The van der Waals surface area contributed by atoms with Gasteiger partial charge in [0.25, 0.3) is 0 Å². The maximum atomic E-state index is 12.3. The third kappa shape index (κ3) is 3.46. The number of carbonyl (C=O) groups excluding carboxylic acids is 2. The van der Waals surface area contributed by atoms with Gasteiger partial charge in [-0.15, -0.1) is 0 Å². The van der Waals surface area contributed by atoms with Crippen LogP contribution in [0.4, 0.5) is 0 Å². The van der Waals surface area contributed by atoms with Crippen molar-refractivity contribution in [2.24, 2.45) is 0 Å². The maximum Gasteiger partial charge on any atom is 0.328 e. The monoisotopic (exact) mass is 330 g/mol. The van der Waals surface area contributed by atoms with Crippen molar-refractivity contribution < 1.29 is 19.5 Å². The molecule has 0 aromatic heterocycles. The van der Waals surface area contributed by atoms with Crippen LogP contribution in [-0.2, 0) is 20.8 Å². The molecule has 1 unspecified atom stereocenters. The quantitative estimate of drug-likeness (QED) is 0.863. The molecule has 1 aliphatic rings. The largest absolute Gasteiger partial charge is 0.480 e. The number of piperazine rings is 1. The van der Waals surface area contributed by atoms with Crippen molar-refractivity contribution in [2.45, 2.75) is 12.5 Å². The maximum absolute atomic E-state index is 12.3. The first-order valence-corrected chi connectivity index (χ1v) is 6.87. The van der Waals surface area contributed by atoms with Crippen molar-refractivity contribution in [1.82, 2.24) is 10.2 Å². The number of benzene rings is 1. The van der Waals surface area contributed by atoms with Gasteiger partial charge in [-0.3, -0.25) is 9.59 Å². The van der Waals surface area contributed by atoms with Crippen molar-refractivity contribution in [2.75, 3.05) is 13.1 Å². The van der Waals surface area contributed by atoms with Crippen molar-refractivity contribution in [3.05, 3.63) is 33.8 Å². The minimum Gasteiger partial charge on any atom is -0.480 e. The zero-order valence-corrected chi connectivity index (χ0v) is 12.3. The van der Waals surface area contributed by atoms with Crippen LogP contribution < -0.4 is 5.32 Å². The van der Waals surface area contributed by atoms with Crippen molar-refractivity contribution in [3.8, 4) is 0 Å². The first kappa shape index (κ1) is 15.6. The van der Waals surface area contributed by atoms with Crippen LogP contribution in [0.5, 0.6) is 0 Å². The number of carboxylic acid groups (broad SMARTS) is 1. The van der Waals surface area contributed by atoms with E-state index in [4.69, 9.17) is 28.3 Å². The number of carbonyl (C=O) groups is 3. The number of hydrogen-bond donors (Lipinski definition) is 2. The molecule has 6 nitrogen and oxygen atoms in total. The van der Waals surface area contributed by atoms with Crippen molar-refractivity contribution >= 4 is 41.0 Å². The van der Waals surface area contributed by atoms with Crippen LogP contribution in [0.1, 0.15) is 5.56 Å². The van der Waals surface area contributed by atoms with E-state index < -0.39 is 23.8 Å². The van der Waals surface area contributed by atoms with Gasteiger partial charge in [0.2, 0.25) is 11.8 Å². The summed E-state index contributed by atoms with van der Waals surface area (Å²) in [6.07, 6.45) is -0.157. The molecule has 112 valence electrons. The summed E-state index contributed by atoms with van der Waals surface area (Å²) in [7, 11) is 0. The van der Waals surface area contributed by atoms with Gasteiger partial charge in [-0.05, 0) is 17.7 Å². The number of rotatable bonds is 3. The summed E-state index contributed by atoms with van der Waals surface area (Å²) < 4.78 is 0. The molecule has 21 heavy (non-hydrogen) atoms. The van der Waals surface area contributed by atoms with Crippen LogP contribution in [0.25, 0.3) is 0 Å². The standard InChI is InChI=1S/C13H12Cl2N2O4/c14-8-2-1-3-9(15)7(8)4-12(19)17-6-11(18)16-5-10(17)13(20)21/h1-3,10H,4-6H2,(H,16,18)(H,20,21). The van der Waals surface area contributed by atoms with Gasteiger partial charge in [0.05, 0.1) is 6.42 Å². The normalized spacial score (nSPS) is 18.3. The Labute approximate surface area is 130 Å². The molecule has 1 saturated heterocycles. The predicted molar refractivity (Wildman–Crippen MR) is 76.3 cm³/mol. The second kappa shape index (κ2) is 6.32. The molecule has 1 aromatic carbocycles. The number of carboxylic acids is 1. The van der Waals surface area contributed by atoms with Crippen molar-refractivity contribution in [3.63, 3.8) is 0 Å². The SMILES string of the molecule is O=C1CN(C(=O)Cc2c(Cl)cccc2Cl)C(C(=O)O)CN1. The van der Waals surface area contributed by atoms with E-state index in [9.17, 15) is 14.4 Å². The second-order valence-corrected chi connectivity index (χ2v) is 5.37. The first-order valence-electron chi connectivity index (χ1n) is 6.12. The molecule has 0 saturated carbocycles. The van der Waals surface area contributed by atoms with Gasteiger partial charge in [-0.1, -0.05) is 29.3 Å². The molecule has 1 aromatic rings. The molecule has 0 spiro atoms. The molecular weight excluding hydrogens is 319 g/mol. The van der Waals surface area contributed by atoms with Gasteiger partial charge >= 0.3 is 5.97 Å². The Bertz CT molecular complexity index is 586. The Morgan fingerprint density at radius 2 is 1.95 bits per heavy atom. The van der Waals surface area contributed by atoms with Gasteiger partial charge in [-0.25, -0.2) is 4.79 Å². The van der Waals surface area contributed by atoms with Crippen LogP contribution in [0.3, 0.4) is 0 Å². The van der Waals surface area contributed by atoms with E-state index in [0.29, 0.717) is 15.6 Å². The van der Waals surface area contributed by atoms with Gasteiger partial charge in [0.1, 0.15) is 12.6 Å². The lowest BCUT2D eigenvalue weighted by Crippen LogP contribution is -2.59. The average Bonchev–Trinajstić information content (AvgIpc) is 2.42. The zero-order valence-electron chi connectivity index (χ0n) is 10.8. The summed E-state index contributed by atoms with van der Waals surface area (Å²) in [5.41, 5.74) is 0.418. The number of nitrogens with one attached hydrogen (secondary N) is 1. The highest BCUT2D eigenvalue weighted by Gasteiger charge is 2.35. The van der Waals surface area contributed by atoms with Gasteiger partial charge < -0.3 is 15.3 Å². The number of halogens is 2. The second-order valence-electron chi connectivity index (χ2n) is 4.56. The van der Waals surface area contributed by atoms with E-state index >= 15 is 0 Å². The number of hydrogen-bond acceptors (Lipinski definition) is 3.